The van der Waals surface area contributed by atoms with Gasteiger partial charge in [-0.1, -0.05) is 0 Å². The smallest absolute Gasteiger partial charge is 0.190 e. The van der Waals surface area contributed by atoms with Gasteiger partial charge in [0.15, 0.2) is 3.83 Å². The van der Waals surface area contributed by atoms with E-state index in [-0.39, 0.29) is 0 Å². The van der Waals surface area contributed by atoms with E-state index < -0.39 is 0 Å². The van der Waals surface area contributed by atoms with Gasteiger partial charge in [0.25, 0.3) is 0 Å². The van der Waals surface area contributed by atoms with Crippen LogP contribution >= 0.6 is 22.6 Å². The molecule has 1 heterocycles. The maximum atomic E-state index is 3.93. The second kappa shape index (κ2) is 4.15. The number of aromatic amines is 1. The van der Waals surface area contributed by atoms with E-state index in [2.05, 4.69) is 20.2 Å². The fourth-order valence-corrected chi connectivity index (χ4v) is 0.701. The molecule has 0 spiro atoms. The summed E-state index contributed by atoms with van der Waals surface area (Å²) in [5.41, 5.74) is 0. The quantitative estimate of drug-likeness (QED) is 0.695. The van der Waals surface area contributed by atoms with Crippen molar-refractivity contribution >= 4 is 22.6 Å². The lowest BCUT2D eigenvalue weighted by atomic mass is 10.9. The van der Waals surface area contributed by atoms with E-state index in [4.69, 9.17) is 0 Å². The first-order valence-electron chi connectivity index (χ1n) is 2.59. The zero-order chi connectivity index (χ0) is 7.23. The fourth-order valence-electron chi connectivity index (χ4n) is 0.380. The van der Waals surface area contributed by atoms with Crippen molar-refractivity contribution in [2.45, 2.75) is 0 Å². The van der Waals surface area contributed by atoms with Crippen LogP contribution in [0.3, 0.4) is 0 Å². The Morgan fingerprint density at radius 3 is 2.90 bits per heavy atom. The molecule has 0 aliphatic carbocycles. The van der Waals surface area contributed by atoms with Crippen molar-refractivity contribution in [3.8, 4) is 0 Å². The lowest BCUT2D eigenvalue weighted by molar-refractivity contribution is 1.04. The van der Waals surface area contributed by atoms with Crippen LogP contribution in [0.2, 0.25) is 0 Å². The second-order valence-electron chi connectivity index (χ2n) is 1.40. The minimum absolute atomic E-state index is 0.684. The molecule has 10 heavy (non-hydrogen) atoms. The van der Waals surface area contributed by atoms with Crippen molar-refractivity contribution in [2.24, 2.45) is 0 Å². The lowest BCUT2D eigenvalue weighted by Gasteiger charge is -1.73. The molecule has 0 bridgehead atoms. The van der Waals surface area contributed by atoms with Crippen molar-refractivity contribution < 1.29 is 0 Å². The van der Waals surface area contributed by atoms with Crippen molar-refractivity contribution in [3.63, 3.8) is 0 Å². The number of H-pyrrole nitrogens is 1. The van der Waals surface area contributed by atoms with Crippen LogP contribution in [0.4, 0.5) is 0 Å². The van der Waals surface area contributed by atoms with Crippen molar-refractivity contribution in [1.82, 2.24) is 20.2 Å². The third-order valence-electron chi connectivity index (χ3n) is 0.727. The van der Waals surface area contributed by atoms with Gasteiger partial charge in [0.05, 0.1) is 6.20 Å². The Hall–Kier alpha value is -0.720. The molecule has 0 unspecified atom stereocenters. The summed E-state index contributed by atoms with van der Waals surface area (Å²) < 4.78 is 0.684. The van der Waals surface area contributed by atoms with Gasteiger partial charge in [0.1, 0.15) is 0 Å². The van der Waals surface area contributed by atoms with Gasteiger partial charge in [-0.3, -0.25) is 5.10 Å². The third-order valence-corrected chi connectivity index (χ3v) is 1.28. The van der Waals surface area contributed by atoms with Crippen LogP contribution in [0.5, 0.6) is 0 Å². The molecule has 0 aromatic carbocycles. The molecule has 1 aromatic heterocycles. The van der Waals surface area contributed by atoms with Gasteiger partial charge >= 0.3 is 0 Å². The molecule has 4 nitrogen and oxygen atoms in total. The number of nitrogens with one attached hydrogen (secondary N) is 1. The Morgan fingerprint density at radius 1 is 1.20 bits per heavy atom. The summed E-state index contributed by atoms with van der Waals surface area (Å²) in [5, 5.41) is 6.37. The monoisotopic (exact) mass is 248 g/mol. The second-order valence-corrected chi connectivity index (χ2v) is 2.36. The summed E-state index contributed by atoms with van der Waals surface area (Å²) >= 11 is 2.03. The van der Waals surface area contributed by atoms with Gasteiger partial charge in [-0.2, -0.15) is 5.10 Å². The average Bonchev–Trinajstić information content (AvgIpc) is 2.02. The highest BCUT2D eigenvalue weighted by Gasteiger charge is 1.75. The van der Waals surface area contributed by atoms with Crippen molar-refractivity contribution in [2.75, 3.05) is 0 Å². The highest BCUT2D eigenvalue weighted by Crippen LogP contribution is 1.86. The summed E-state index contributed by atoms with van der Waals surface area (Å²) in [5.74, 6) is 0. The van der Waals surface area contributed by atoms with Crippen LogP contribution in [-0.2, 0) is 0 Å². The molecule has 0 saturated carbocycles. The highest BCUT2D eigenvalue weighted by molar-refractivity contribution is 14.1. The fraction of sp³-hybridized carbons (Fsp3) is 0. The van der Waals surface area contributed by atoms with Crippen LogP contribution in [0.25, 0.3) is 0 Å². The molecule has 0 fully saturated rings. The first-order valence-corrected chi connectivity index (χ1v) is 3.67. The predicted molar refractivity (Wildman–Crippen MR) is 44.5 cm³/mol. The number of rotatable bonds is 0. The topological polar surface area (TPSA) is 54.5 Å². The number of hydrogen-bond donors (Lipinski definition) is 1. The van der Waals surface area contributed by atoms with E-state index in [0.717, 1.165) is 0 Å². The van der Waals surface area contributed by atoms with Gasteiger partial charge in [-0.15, -0.1) is 0 Å². The van der Waals surface area contributed by atoms with Gasteiger partial charge in [0, 0.05) is 41.2 Å². The third kappa shape index (κ3) is 2.72. The predicted octanol–water partition coefficient (Wildman–Crippen LogP) is 0.929. The maximum Gasteiger partial charge on any atom is 0.190 e. The molecule has 1 rings (SSSR count). The summed E-state index contributed by atoms with van der Waals surface area (Å²) in [6.45, 7) is 0. The Balaban J connectivity index is 3.13. The Kier molecular flexibility index (Phi) is 3.07. The minimum atomic E-state index is 0.684. The first kappa shape index (κ1) is 7.39. The molecule has 1 aromatic rings. The maximum absolute atomic E-state index is 3.93. The van der Waals surface area contributed by atoms with Crippen molar-refractivity contribution in [3.05, 3.63) is 28.6 Å². The van der Waals surface area contributed by atoms with Crippen molar-refractivity contribution in [1.29, 1.82) is 0 Å². The van der Waals surface area contributed by atoms with Gasteiger partial charge < -0.3 is 0 Å². The number of halogens is 1. The summed E-state index contributed by atoms with van der Waals surface area (Å²) in [6, 6.07) is 0. The number of hydrogen-bond acceptors (Lipinski definition) is 3. The Morgan fingerprint density at radius 2 is 2.00 bits per heavy atom. The largest absolute Gasteiger partial charge is 0.284 e. The van der Waals surface area contributed by atoms with Crippen LogP contribution < -0.4 is 0 Å². The average molecular weight is 248 g/mol. The molecule has 0 aliphatic heterocycles. The van der Waals surface area contributed by atoms with Gasteiger partial charge in [-0.25, -0.2) is 9.97 Å². The van der Waals surface area contributed by atoms with Gasteiger partial charge in [-0.05, 0) is 0 Å². The highest BCUT2D eigenvalue weighted by atomic mass is 127. The lowest BCUT2D eigenvalue weighted by Crippen LogP contribution is -1.75. The molecule has 0 aliphatic rings. The molecule has 0 radical (unpaired) electrons. The summed E-state index contributed by atoms with van der Waals surface area (Å²) in [4.78, 5) is 7.84. The van der Waals surface area contributed by atoms with Gasteiger partial charge in [0.2, 0.25) is 0 Å². The molecule has 1 N–H and O–H groups in total. The molecular formula is C5H5IN4. The van der Waals surface area contributed by atoms with E-state index in [0.29, 0.717) is 3.83 Å². The van der Waals surface area contributed by atoms with E-state index in [9.17, 15) is 0 Å². The number of nitrogens with zero attached hydrogens (tertiary/aromatic N) is 3. The Labute approximate surface area is 71.6 Å². The molecule has 52 valence electrons. The van der Waals surface area contributed by atoms with E-state index in [1.807, 2.05) is 22.6 Å². The zero-order valence-electron chi connectivity index (χ0n) is 5.03. The number of aromatic nitrogens is 4. The van der Waals surface area contributed by atoms with Crippen LogP contribution in [0.1, 0.15) is 0 Å². The molecular weight excluding hydrogens is 243 g/mol. The minimum Gasteiger partial charge on any atom is -0.284 e. The SMILES string of the molecule is Ic1nccn[nH]ccn1. The molecule has 0 atom stereocenters. The van der Waals surface area contributed by atoms with Crippen LogP contribution in [0, 0.1) is 3.83 Å². The van der Waals surface area contributed by atoms with Crippen LogP contribution in [0.15, 0.2) is 24.8 Å². The van der Waals surface area contributed by atoms with Crippen LogP contribution in [-0.4, -0.2) is 20.2 Å². The standard InChI is InChI=1S/C5H5IN4/c6-5-7-1-3-9-10-4-2-8-5/h1-4,9H. The zero-order valence-corrected chi connectivity index (χ0v) is 7.19. The molecule has 5 heteroatoms. The summed E-state index contributed by atoms with van der Waals surface area (Å²) in [6.07, 6.45) is 6.36. The Bertz CT molecular complexity index is 221. The molecule has 0 saturated heterocycles. The van der Waals surface area contributed by atoms with E-state index >= 15 is 0 Å². The summed E-state index contributed by atoms with van der Waals surface area (Å²) in [7, 11) is 0. The van der Waals surface area contributed by atoms with E-state index in [1.165, 1.54) is 0 Å². The van der Waals surface area contributed by atoms with E-state index in [1.54, 1.807) is 24.8 Å². The molecule has 0 amide bonds. The normalized spacial score (nSPS) is 8.50. The first-order chi connectivity index (χ1) is 4.89.